The van der Waals surface area contributed by atoms with E-state index >= 15 is 0 Å². The largest absolute Gasteiger partial charge is 0.281 e. The van der Waals surface area contributed by atoms with Gasteiger partial charge in [-0.2, -0.15) is 8.42 Å². The van der Waals surface area contributed by atoms with Crippen molar-refractivity contribution in [2.24, 2.45) is 0 Å². The maximum Gasteiger partial charge on any atom is 0.281 e. The number of hydrogen-bond acceptors (Lipinski definition) is 4. The van der Waals surface area contributed by atoms with Gasteiger partial charge in [-0.15, -0.1) is 11.3 Å². The molecule has 10 heteroatoms. The molecule has 0 spiro atoms. The van der Waals surface area contributed by atoms with Gasteiger partial charge in [-0.25, -0.2) is 9.37 Å². The molecule has 0 saturated carbocycles. The van der Waals surface area contributed by atoms with Gasteiger partial charge in [0.1, 0.15) is 5.82 Å². The highest BCUT2D eigenvalue weighted by atomic mass is 79.9. The molecule has 5 nitrogen and oxygen atoms in total. The van der Waals surface area contributed by atoms with E-state index in [1.54, 1.807) is 11.6 Å². The molecule has 1 N–H and O–H groups in total. The average Bonchev–Trinajstić information content (AvgIpc) is 2.91. The topological polar surface area (TPSA) is 63.5 Å². The number of rotatable bonds is 3. The molecule has 3 aromatic rings. The lowest BCUT2D eigenvalue weighted by Gasteiger charge is -2.09. The number of thiazole rings is 1. The zero-order valence-electron chi connectivity index (χ0n) is 10.0. The second-order valence-corrected chi connectivity index (χ2v) is 7.68. The van der Waals surface area contributed by atoms with E-state index in [0.29, 0.717) is 4.96 Å². The number of nitrogens with zero attached hydrogens (tertiary/aromatic N) is 2. The van der Waals surface area contributed by atoms with E-state index < -0.39 is 15.8 Å². The van der Waals surface area contributed by atoms with Gasteiger partial charge in [0.05, 0.1) is 5.69 Å². The lowest BCUT2D eigenvalue weighted by atomic mass is 10.3. The van der Waals surface area contributed by atoms with Crippen molar-refractivity contribution in [2.75, 3.05) is 4.72 Å². The molecule has 0 aliphatic rings. The number of hydrogen-bond donors (Lipinski definition) is 1. The van der Waals surface area contributed by atoms with Crippen LogP contribution < -0.4 is 4.72 Å². The van der Waals surface area contributed by atoms with Crippen LogP contribution in [-0.4, -0.2) is 17.8 Å². The molecule has 0 atom stereocenters. The summed E-state index contributed by atoms with van der Waals surface area (Å²) in [6.45, 7) is 0. The molecule has 0 aliphatic heterocycles. The minimum Gasteiger partial charge on any atom is -0.278 e. The Morgan fingerprint density at radius 1 is 1.43 bits per heavy atom. The van der Waals surface area contributed by atoms with Crippen molar-refractivity contribution >= 4 is 59.5 Å². The monoisotopic (exact) mass is 409 g/mol. The first-order valence-electron chi connectivity index (χ1n) is 5.47. The first-order valence-corrected chi connectivity index (χ1v) is 9.01. The maximum atomic E-state index is 13.0. The summed E-state index contributed by atoms with van der Waals surface area (Å²) in [4.78, 5) is 4.44. The number of nitrogens with one attached hydrogen (secondary N) is 1. The van der Waals surface area contributed by atoms with E-state index in [4.69, 9.17) is 11.6 Å². The SMILES string of the molecule is O=S(=O)(Nc1ccc(F)cc1Br)c1c(Cl)nc2sccn12. The van der Waals surface area contributed by atoms with E-state index in [1.165, 1.54) is 21.8 Å². The quantitative estimate of drug-likeness (QED) is 0.715. The predicted octanol–water partition coefficient (Wildman–Crippen LogP) is 3.75. The van der Waals surface area contributed by atoms with Crippen molar-refractivity contribution < 1.29 is 12.8 Å². The molecule has 2 aromatic heterocycles. The van der Waals surface area contributed by atoms with E-state index in [9.17, 15) is 12.8 Å². The number of halogens is 3. The van der Waals surface area contributed by atoms with Gasteiger partial charge < -0.3 is 0 Å². The van der Waals surface area contributed by atoms with E-state index in [1.807, 2.05) is 0 Å². The smallest absolute Gasteiger partial charge is 0.278 e. The van der Waals surface area contributed by atoms with Crippen molar-refractivity contribution in [3.8, 4) is 0 Å². The third kappa shape index (κ3) is 2.66. The Morgan fingerprint density at radius 3 is 2.90 bits per heavy atom. The van der Waals surface area contributed by atoms with Crippen LogP contribution in [0.3, 0.4) is 0 Å². The molecule has 0 bridgehead atoms. The first-order chi connectivity index (χ1) is 9.88. The number of benzene rings is 1. The second kappa shape index (κ2) is 5.24. The molecular weight excluding hydrogens is 405 g/mol. The molecule has 110 valence electrons. The van der Waals surface area contributed by atoms with Crippen molar-refractivity contribution in [3.05, 3.63) is 45.2 Å². The van der Waals surface area contributed by atoms with E-state index in [-0.39, 0.29) is 20.3 Å². The normalized spacial score (nSPS) is 12.0. The van der Waals surface area contributed by atoms with Crippen LogP contribution in [-0.2, 0) is 10.0 Å². The van der Waals surface area contributed by atoms with Crippen molar-refractivity contribution in [1.82, 2.24) is 9.38 Å². The van der Waals surface area contributed by atoms with Crippen LogP contribution in [0.4, 0.5) is 10.1 Å². The highest BCUT2D eigenvalue weighted by molar-refractivity contribution is 9.10. The third-order valence-electron chi connectivity index (χ3n) is 2.61. The molecule has 0 radical (unpaired) electrons. The summed E-state index contributed by atoms with van der Waals surface area (Å²) in [5, 5.41) is 1.43. The summed E-state index contributed by atoms with van der Waals surface area (Å²) >= 11 is 10.3. The van der Waals surface area contributed by atoms with Crippen LogP contribution >= 0.6 is 38.9 Å². The lowest BCUT2D eigenvalue weighted by molar-refractivity contribution is 0.596. The zero-order valence-corrected chi connectivity index (χ0v) is 14.0. The molecule has 21 heavy (non-hydrogen) atoms. The summed E-state index contributed by atoms with van der Waals surface area (Å²) in [7, 11) is -3.96. The number of aromatic nitrogens is 2. The fourth-order valence-corrected chi connectivity index (χ4v) is 4.86. The fraction of sp³-hybridized carbons (Fsp3) is 0. The number of fused-ring (bicyclic) bond motifs is 1. The summed E-state index contributed by atoms with van der Waals surface area (Å²) in [6, 6.07) is 3.63. The molecular formula is C11H6BrClFN3O2S2. The Balaban J connectivity index is 2.08. The van der Waals surface area contributed by atoms with Crippen LogP contribution in [0.25, 0.3) is 4.96 Å². The van der Waals surface area contributed by atoms with Crippen LogP contribution in [0.2, 0.25) is 5.15 Å². The molecule has 0 amide bonds. The van der Waals surface area contributed by atoms with Crippen molar-refractivity contribution in [2.45, 2.75) is 5.03 Å². The minimum absolute atomic E-state index is 0.118. The summed E-state index contributed by atoms with van der Waals surface area (Å²) in [5.74, 6) is -0.479. The molecule has 0 aliphatic carbocycles. The zero-order chi connectivity index (χ0) is 15.2. The average molecular weight is 411 g/mol. The van der Waals surface area contributed by atoms with Gasteiger partial charge in [0.2, 0.25) is 0 Å². The third-order valence-corrected chi connectivity index (χ3v) is 5.78. The molecule has 0 unspecified atom stereocenters. The highest BCUT2D eigenvalue weighted by Gasteiger charge is 2.25. The van der Waals surface area contributed by atoms with Gasteiger partial charge in [0.15, 0.2) is 15.1 Å². The highest BCUT2D eigenvalue weighted by Crippen LogP contribution is 2.29. The molecule has 3 rings (SSSR count). The van der Waals surface area contributed by atoms with E-state index in [2.05, 4.69) is 25.6 Å². The lowest BCUT2D eigenvalue weighted by Crippen LogP contribution is -2.15. The molecule has 0 fully saturated rings. The summed E-state index contributed by atoms with van der Waals surface area (Å²) < 4.78 is 42.0. The first kappa shape index (κ1) is 14.8. The van der Waals surface area contributed by atoms with Crippen LogP contribution in [0, 0.1) is 5.82 Å². The Morgan fingerprint density at radius 2 is 2.19 bits per heavy atom. The van der Waals surface area contributed by atoms with Gasteiger partial charge in [-0.1, -0.05) is 11.6 Å². The Labute approximate surface area is 136 Å². The van der Waals surface area contributed by atoms with Crippen LogP contribution in [0.15, 0.2) is 39.3 Å². The molecule has 2 heterocycles. The van der Waals surface area contributed by atoms with Gasteiger partial charge in [-0.3, -0.25) is 9.12 Å². The predicted molar refractivity (Wildman–Crippen MR) is 83.0 cm³/mol. The number of anilines is 1. The number of imidazole rings is 1. The molecule has 1 aromatic carbocycles. The van der Waals surface area contributed by atoms with Crippen molar-refractivity contribution in [1.29, 1.82) is 0 Å². The summed E-state index contributed by atoms with van der Waals surface area (Å²) in [6.07, 6.45) is 1.56. The van der Waals surface area contributed by atoms with Gasteiger partial charge in [0.25, 0.3) is 10.0 Å². The van der Waals surface area contributed by atoms with Crippen molar-refractivity contribution in [3.63, 3.8) is 0 Å². The minimum atomic E-state index is -3.96. The summed E-state index contributed by atoms with van der Waals surface area (Å²) in [5.41, 5.74) is 0.206. The standard InChI is InChI=1S/C11H6BrClFN3O2S2/c12-7-5-6(14)1-2-8(7)16-21(18,19)10-9(13)15-11-17(10)3-4-20-11/h1-5,16H. The second-order valence-electron chi connectivity index (χ2n) is 3.99. The Kier molecular flexibility index (Phi) is 3.68. The van der Waals surface area contributed by atoms with Gasteiger partial charge in [0, 0.05) is 16.0 Å². The van der Waals surface area contributed by atoms with Crippen LogP contribution in [0.5, 0.6) is 0 Å². The molecule has 0 saturated heterocycles. The number of sulfonamides is 1. The van der Waals surface area contributed by atoms with E-state index in [0.717, 1.165) is 12.1 Å². The van der Waals surface area contributed by atoms with Gasteiger partial charge in [-0.05, 0) is 34.1 Å². The Hall–Kier alpha value is -1.16. The fourth-order valence-electron chi connectivity index (χ4n) is 1.74. The van der Waals surface area contributed by atoms with Crippen LogP contribution in [0.1, 0.15) is 0 Å². The Bertz CT molecular complexity index is 938. The maximum absolute atomic E-state index is 13.0. The van der Waals surface area contributed by atoms with Gasteiger partial charge >= 0.3 is 0 Å².